The van der Waals surface area contributed by atoms with E-state index in [0.29, 0.717) is 12.5 Å². The van der Waals surface area contributed by atoms with Gasteiger partial charge in [-0.05, 0) is 25.7 Å². The van der Waals surface area contributed by atoms with Gasteiger partial charge in [0, 0.05) is 32.0 Å². The topological polar surface area (TPSA) is 78.9 Å². The number of nitrogens with zero attached hydrogens (tertiary/aromatic N) is 5. The van der Waals surface area contributed by atoms with Gasteiger partial charge < -0.3 is 15.5 Å². The van der Waals surface area contributed by atoms with Crippen LogP contribution in [0.5, 0.6) is 0 Å². The molecule has 0 atom stereocenters. The van der Waals surface area contributed by atoms with Gasteiger partial charge in [-0.1, -0.05) is 6.07 Å². The molecule has 2 rings (SSSR count). The quantitative estimate of drug-likeness (QED) is 0.774. The van der Waals surface area contributed by atoms with Crippen molar-refractivity contribution in [3.8, 4) is 0 Å². The van der Waals surface area contributed by atoms with Crippen molar-refractivity contribution in [3.63, 3.8) is 0 Å². The molecule has 2 aromatic rings. The van der Waals surface area contributed by atoms with Crippen molar-refractivity contribution < 1.29 is 0 Å². The minimum Gasteiger partial charge on any atom is -0.367 e. The number of nitrogens with one attached hydrogen (secondary N) is 2. The van der Waals surface area contributed by atoms with Gasteiger partial charge in [0.1, 0.15) is 0 Å². The maximum absolute atomic E-state index is 4.35. The average Bonchev–Trinajstić information content (AvgIpc) is 2.46. The van der Waals surface area contributed by atoms with Crippen molar-refractivity contribution in [2.45, 2.75) is 6.54 Å². The predicted octanol–water partition coefficient (Wildman–Crippen LogP) is 0.852. The number of hydrogen-bond acceptors (Lipinski definition) is 7. The Hall–Kier alpha value is -2.28. The molecular weight excluding hydrogens is 254 g/mol. The lowest BCUT2D eigenvalue weighted by atomic mass is 10.3. The van der Waals surface area contributed by atoms with Gasteiger partial charge in [-0.25, -0.2) is 0 Å². The second-order valence-electron chi connectivity index (χ2n) is 4.61. The molecule has 2 aromatic heterocycles. The van der Waals surface area contributed by atoms with Crippen LogP contribution in [-0.2, 0) is 6.54 Å². The smallest absolute Gasteiger partial charge is 0.244 e. The molecule has 0 unspecified atom stereocenters. The number of aromatic nitrogens is 4. The van der Waals surface area contributed by atoms with Crippen LogP contribution in [0.25, 0.3) is 0 Å². The first-order chi connectivity index (χ1) is 9.74. The van der Waals surface area contributed by atoms with Crippen LogP contribution in [0, 0.1) is 0 Å². The number of anilines is 2. The maximum atomic E-state index is 4.35. The van der Waals surface area contributed by atoms with E-state index in [0.717, 1.165) is 24.5 Å². The third kappa shape index (κ3) is 4.77. The van der Waals surface area contributed by atoms with Crippen LogP contribution in [0.3, 0.4) is 0 Å². The first-order valence-electron chi connectivity index (χ1n) is 6.45. The number of hydrogen-bond donors (Lipinski definition) is 2. The molecule has 0 aliphatic carbocycles. The van der Waals surface area contributed by atoms with Gasteiger partial charge in [0.15, 0.2) is 5.82 Å². The molecule has 2 heterocycles. The lowest BCUT2D eigenvalue weighted by Gasteiger charge is -2.11. The Kier molecular flexibility index (Phi) is 5.19. The normalized spacial score (nSPS) is 10.6. The highest BCUT2D eigenvalue weighted by Gasteiger charge is 2.00. The standard InChI is InChI=1S/C13H19N7/c1-20(2)7-6-15-12-10-17-19-13(18-12)16-9-11-4-3-5-14-8-11/h3-5,8,10H,6-7,9H2,1-2H3,(H2,15,16,18,19). The first-order valence-corrected chi connectivity index (χ1v) is 6.45. The molecule has 0 spiro atoms. The van der Waals surface area contributed by atoms with Crippen LogP contribution in [-0.4, -0.2) is 52.3 Å². The van der Waals surface area contributed by atoms with E-state index in [2.05, 4.69) is 35.7 Å². The molecule has 7 heteroatoms. The summed E-state index contributed by atoms with van der Waals surface area (Å²) in [6.07, 6.45) is 5.17. The monoisotopic (exact) mass is 273 g/mol. The van der Waals surface area contributed by atoms with E-state index in [1.807, 2.05) is 26.2 Å². The summed E-state index contributed by atoms with van der Waals surface area (Å²) in [5.41, 5.74) is 1.07. The van der Waals surface area contributed by atoms with Crippen molar-refractivity contribution in [1.29, 1.82) is 0 Å². The molecule has 0 aliphatic heterocycles. The molecule has 2 N–H and O–H groups in total. The SMILES string of the molecule is CN(C)CCNc1cnnc(NCc2cccnc2)n1. The second kappa shape index (κ2) is 7.34. The van der Waals surface area contributed by atoms with Gasteiger partial charge in [-0.2, -0.15) is 10.1 Å². The molecule has 0 fully saturated rings. The van der Waals surface area contributed by atoms with Crippen LogP contribution >= 0.6 is 0 Å². The third-order valence-electron chi connectivity index (χ3n) is 2.60. The largest absolute Gasteiger partial charge is 0.367 e. The van der Waals surface area contributed by atoms with Crippen LogP contribution in [0.2, 0.25) is 0 Å². The van der Waals surface area contributed by atoms with Gasteiger partial charge in [0.2, 0.25) is 5.95 Å². The molecule has 20 heavy (non-hydrogen) atoms. The second-order valence-corrected chi connectivity index (χ2v) is 4.61. The van der Waals surface area contributed by atoms with Crippen molar-refractivity contribution in [2.75, 3.05) is 37.8 Å². The maximum Gasteiger partial charge on any atom is 0.244 e. The fourth-order valence-corrected chi connectivity index (χ4v) is 1.56. The predicted molar refractivity (Wildman–Crippen MR) is 78.4 cm³/mol. The number of rotatable bonds is 7. The highest BCUT2D eigenvalue weighted by atomic mass is 15.3. The van der Waals surface area contributed by atoms with Gasteiger partial charge in [-0.15, -0.1) is 5.10 Å². The molecular formula is C13H19N7. The van der Waals surface area contributed by atoms with E-state index in [9.17, 15) is 0 Å². The molecule has 0 saturated heterocycles. The van der Waals surface area contributed by atoms with E-state index >= 15 is 0 Å². The summed E-state index contributed by atoms with van der Waals surface area (Å²) >= 11 is 0. The molecule has 0 saturated carbocycles. The number of likely N-dealkylation sites (N-methyl/N-ethyl adjacent to an activating group) is 1. The van der Waals surface area contributed by atoms with Crippen molar-refractivity contribution in [3.05, 3.63) is 36.3 Å². The lowest BCUT2D eigenvalue weighted by molar-refractivity contribution is 0.425. The summed E-state index contributed by atoms with van der Waals surface area (Å²) in [6.45, 7) is 2.37. The highest BCUT2D eigenvalue weighted by molar-refractivity contribution is 5.37. The van der Waals surface area contributed by atoms with Crippen LogP contribution in [0.15, 0.2) is 30.7 Å². The first kappa shape index (κ1) is 14.1. The molecule has 0 aromatic carbocycles. The minimum absolute atomic E-state index is 0.503. The van der Waals surface area contributed by atoms with Crippen LogP contribution in [0.4, 0.5) is 11.8 Å². The Bertz CT molecular complexity index is 515. The summed E-state index contributed by atoms with van der Waals surface area (Å²) in [7, 11) is 4.06. The van der Waals surface area contributed by atoms with Crippen LogP contribution < -0.4 is 10.6 Å². The average molecular weight is 273 g/mol. The summed E-state index contributed by atoms with van der Waals surface area (Å²) in [6, 6.07) is 3.89. The minimum atomic E-state index is 0.503. The molecule has 7 nitrogen and oxygen atoms in total. The summed E-state index contributed by atoms with van der Waals surface area (Å²) in [5.74, 6) is 1.22. The Morgan fingerprint density at radius 2 is 2.10 bits per heavy atom. The van der Waals surface area contributed by atoms with E-state index in [1.165, 1.54) is 0 Å². The Balaban J connectivity index is 1.86. The zero-order chi connectivity index (χ0) is 14.2. The van der Waals surface area contributed by atoms with E-state index < -0.39 is 0 Å². The molecule has 0 bridgehead atoms. The lowest BCUT2D eigenvalue weighted by Crippen LogP contribution is -2.21. The van der Waals surface area contributed by atoms with Gasteiger partial charge >= 0.3 is 0 Å². The van der Waals surface area contributed by atoms with E-state index in [1.54, 1.807) is 18.6 Å². The van der Waals surface area contributed by atoms with Gasteiger partial charge in [-0.3, -0.25) is 4.98 Å². The van der Waals surface area contributed by atoms with Gasteiger partial charge in [0.05, 0.1) is 6.20 Å². The summed E-state index contributed by atoms with van der Waals surface area (Å²) in [5, 5.41) is 14.2. The highest BCUT2D eigenvalue weighted by Crippen LogP contribution is 2.05. The fraction of sp³-hybridized carbons (Fsp3) is 0.385. The van der Waals surface area contributed by atoms with Gasteiger partial charge in [0.25, 0.3) is 0 Å². The van der Waals surface area contributed by atoms with E-state index in [4.69, 9.17) is 0 Å². The van der Waals surface area contributed by atoms with Crippen molar-refractivity contribution in [2.24, 2.45) is 0 Å². The molecule has 0 amide bonds. The zero-order valence-corrected chi connectivity index (χ0v) is 11.7. The zero-order valence-electron chi connectivity index (χ0n) is 11.7. The Morgan fingerprint density at radius 3 is 2.85 bits per heavy atom. The van der Waals surface area contributed by atoms with Crippen LogP contribution in [0.1, 0.15) is 5.56 Å². The molecule has 106 valence electrons. The van der Waals surface area contributed by atoms with Crippen molar-refractivity contribution in [1.82, 2.24) is 25.1 Å². The number of pyridine rings is 1. The third-order valence-corrected chi connectivity index (χ3v) is 2.60. The Labute approximate surface area is 118 Å². The van der Waals surface area contributed by atoms with E-state index in [-0.39, 0.29) is 0 Å². The van der Waals surface area contributed by atoms with Crippen molar-refractivity contribution >= 4 is 11.8 Å². The molecule has 0 radical (unpaired) electrons. The Morgan fingerprint density at radius 1 is 1.20 bits per heavy atom. The molecule has 0 aliphatic rings. The summed E-state index contributed by atoms with van der Waals surface area (Å²) < 4.78 is 0. The summed E-state index contributed by atoms with van der Waals surface area (Å²) in [4.78, 5) is 10.5. The fourth-order valence-electron chi connectivity index (χ4n) is 1.56.